The summed E-state index contributed by atoms with van der Waals surface area (Å²) in [6.07, 6.45) is 5.48. The Morgan fingerprint density at radius 2 is 2.14 bits per heavy atom. The number of nitrogens with zero attached hydrogens (tertiary/aromatic N) is 1. The van der Waals surface area contributed by atoms with Crippen LogP contribution in [0.1, 0.15) is 49.7 Å². The average Bonchev–Trinajstić information content (AvgIpc) is 2.93. The summed E-state index contributed by atoms with van der Waals surface area (Å²) in [4.78, 5) is 17.2. The summed E-state index contributed by atoms with van der Waals surface area (Å²) in [5.41, 5.74) is 5.79. The fraction of sp³-hybridized carbons (Fsp3) is 0.714. The third kappa shape index (κ3) is 4.26. The molecule has 21 heavy (non-hydrogen) atoms. The van der Waals surface area contributed by atoms with Crippen LogP contribution in [0.5, 0.6) is 0 Å². The number of nitrogen functional groups attached to an aromatic ring is 1. The van der Waals surface area contributed by atoms with Crippen LogP contribution in [-0.2, 0) is 0 Å². The van der Waals surface area contributed by atoms with Gasteiger partial charge in [0.2, 0.25) is 0 Å². The van der Waals surface area contributed by atoms with Crippen LogP contribution in [0.15, 0.2) is 0 Å². The third-order valence-electron chi connectivity index (χ3n) is 3.41. The number of aromatic nitrogens is 1. The minimum absolute atomic E-state index is 0.0992. The predicted octanol–water partition coefficient (Wildman–Crippen LogP) is 2.95. The number of hydrogen-bond donors (Lipinski definition) is 3. The molecule has 1 fully saturated rings. The van der Waals surface area contributed by atoms with E-state index in [0.717, 1.165) is 6.42 Å². The summed E-state index contributed by atoms with van der Waals surface area (Å²) in [6, 6.07) is 0.244. The molecule has 0 bridgehead atoms. The molecule has 1 aromatic rings. The zero-order chi connectivity index (χ0) is 15.6. The van der Waals surface area contributed by atoms with Crippen molar-refractivity contribution in [3.05, 3.63) is 4.88 Å². The molecule has 1 aliphatic carbocycles. The van der Waals surface area contributed by atoms with Gasteiger partial charge in [-0.2, -0.15) is 11.8 Å². The number of anilines is 2. The number of carbonyl (C=O) groups excluding carboxylic acids is 1. The van der Waals surface area contributed by atoms with Crippen molar-refractivity contribution >= 4 is 40.0 Å². The van der Waals surface area contributed by atoms with Crippen LogP contribution in [-0.4, -0.2) is 34.0 Å². The molecule has 1 aromatic heterocycles. The Labute approximate surface area is 134 Å². The van der Waals surface area contributed by atoms with Gasteiger partial charge in [-0.05, 0) is 39.9 Å². The smallest absolute Gasteiger partial charge is 0.265 e. The summed E-state index contributed by atoms with van der Waals surface area (Å²) < 4.78 is 0. The molecule has 1 amide bonds. The minimum Gasteiger partial charge on any atom is -0.382 e. The Balaban J connectivity index is 2.05. The maximum absolute atomic E-state index is 12.4. The molecule has 2 unspecified atom stereocenters. The van der Waals surface area contributed by atoms with E-state index in [1.807, 2.05) is 32.5 Å². The number of carbonyl (C=O) groups is 1. The van der Waals surface area contributed by atoms with E-state index in [1.54, 1.807) is 0 Å². The molecule has 2 rings (SSSR count). The molecule has 2 atom stereocenters. The third-order valence-corrected chi connectivity index (χ3v) is 5.57. The first-order chi connectivity index (χ1) is 9.80. The van der Waals surface area contributed by atoms with Gasteiger partial charge in [0, 0.05) is 16.8 Å². The van der Waals surface area contributed by atoms with Crippen molar-refractivity contribution < 1.29 is 4.79 Å². The van der Waals surface area contributed by atoms with Crippen LogP contribution in [0.2, 0.25) is 0 Å². The highest BCUT2D eigenvalue weighted by Crippen LogP contribution is 2.30. The molecular formula is C14H24N4OS2. The summed E-state index contributed by atoms with van der Waals surface area (Å²) in [5.74, 6) is 0.209. The van der Waals surface area contributed by atoms with Crippen LogP contribution in [0, 0.1) is 0 Å². The van der Waals surface area contributed by atoms with Crippen molar-refractivity contribution in [3.8, 4) is 0 Å². The van der Waals surface area contributed by atoms with Gasteiger partial charge in [-0.3, -0.25) is 4.79 Å². The Bertz CT molecular complexity index is 510. The van der Waals surface area contributed by atoms with E-state index in [0.29, 0.717) is 21.1 Å². The molecule has 5 nitrogen and oxygen atoms in total. The van der Waals surface area contributed by atoms with E-state index in [-0.39, 0.29) is 17.5 Å². The van der Waals surface area contributed by atoms with E-state index in [2.05, 4.69) is 21.9 Å². The average molecular weight is 329 g/mol. The molecule has 0 aromatic carbocycles. The van der Waals surface area contributed by atoms with Crippen molar-refractivity contribution in [2.24, 2.45) is 0 Å². The highest BCUT2D eigenvalue weighted by Gasteiger charge is 2.29. The number of nitrogens with two attached hydrogens (primary N) is 1. The highest BCUT2D eigenvalue weighted by atomic mass is 32.2. The molecule has 4 N–H and O–H groups in total. The second-order valence-electron chi connectivity index (χ2n) is 6.39. The molecular weight excluding hydrogens is 304 g/mol. The monoisotopic (exact) mass is 328 g/mol. The second-order valence-corrected chi connectivity index (χ2v) is 8.47. The van der Waals surface area contributed by atoms with Crippen LogP contribution in [0.25, 0.3) is 0 Å². The van der Waals surface area contributed by atoms with Crippen molar-refractivity contribution in [1.82, 2.24) is 10.3 Å². The lowest BCUT2D eigenvalue weighted by Crippen LogP contribution is -2.38. The fourth-order valence-corrected chi connectivity index (χ4v) is 4.41. The zero-order valence-electron chi connectivity index (χ0n) is 13.0. The van der Waals surface area contributed by atoms with E-state index < -0.39 is 0 Å². The topological polar surface area (TPSA) is 80.0 Å². The Morgan fingerprint density at radius 1 is 1.43 bits per heavy atom. The summed E-state index contributed by atoms with van der Waals surface area (Å²) in [7, 11) is 0. The van der Waals surface area contributed by atoms with Crippen molar-refractivity contribution in [2.45, 2.75) is 56.9 Å². The molecule has 0 spiro atoms. The second kappa shape index (κ2) is 6.44. The minimum atomic E-state index is -0.104. The van der Waals surface area contributed by atoms with Crippen molar-refractivity contribution in [3.63, 3.8) is 0 Å². The zero-order valence-corrected chi connectivity index (χ0v) is 14.7. The number of thioether (sulfide) groups is 1. The van der Waals surface area contributed by atoms with E-state index in [1.165, 1.54) is 24.2 Å². The molecule has 0 aliphatic heterocycles. The Hall–Kier alpha value is -0.950. The van der Waals surface area contributed by atoms with E-state index in [9.17, 15) is 4.79 Å². The lowest BCUT2D eigenvalue weighted by molar-refractivity contribution is 0.0943. The molecule has 0 radical (unpaired) electrons. The van der Waals surface area contributed by atoms with Gasteiger partial charge in [-0.25, -0.2) is 4.98 Å². The summed E-state index contributed by atoms with van der Waals surface area (Å²) in [6.45, 7) is 6.14. The predicted molar refractivity (Wildman–Crippen MR) is 92.3 cm³/mol. The Kier molecular flexibility index (Phi) is 5.03. The molecule has 7 heteroatoms. The molecule has 0 saturated heterocycles. The number of rotatable bonds is 4. The van der Waals surface area contributed by atoms with Crippen LogP contribution in [0.4, 0.5) is 10.9 Å². The fourth-order valence-electron chi connectivity index (χ4n) is 2.48. The summed E-state index contributed by atoms with van der Waals surface area (Å²) >= 11 is 3.15. The van der Waals surface area contributed by atoms with Gasteiger partial charge in [0.25, 0.3) is 5.91 Å². The molecule has 1 heterocycles. The normalized spacial score (nSPS) is 22.3. The van der Waals surface area contributed by atoms with Crippen molar-refractivity contribution in [2.75, 3.05) is 17.3 Å². The number of thiazole rings is 1. The quantitative estimate of drug-likeness (QED) is 0.792. The number of hydrogen-bond acceptors (Lipinski definition) is 6. The lowest BCUT2D eigenvalue weighted by Gasteiger charge is -2.19. The first-order valence-corrected chi connectivity index (χ1v) is 9.29. The van der Waals surface area contributed by atoms with Gasteiger partial charge < -0.3 is 16.4 Å². The first-order valence-electron chi connectivity index (χ1n) is 7.18. The van der Waals surface area contributed by atoms with E-state index in [4.69, 9.17) is 5.73 Å². The Morgan fingerprint density at radius 3 is 2.76 bits per heavy atom. The SMILES string of the molecule is CSC1CCCC1NC(=O)c1sc(NC(C)(C)C)nc1N. The largest absolute Gasteiger partial charge is 0.382 e. The number of nitrogens with one attached hydrogen (secondary N) is 2. The first kappa shape index (κ1) is 16.4. The molecule has 1 saturated carbocycles. The maximum Gasteiger partial charge on any atom is 0.265 e. The van der Waals surface area contributed by atoms with Gasteiger partial charge in [-0.15, -0.1) is 0 Å². The number of amides is 1. The molecule has 118 valence electrons. The van der Waals surface area contributed by atoms with Crippen LogP contribution in [0.3, 0.4) is 0 Å². The highest BCUT2D eigenvalue weighted by molar-refractivity contribution is 7.99. The lowest BCUT2D eigenvalue weighted by atomic mass is 10.1. The van der Waals surface area contributed by atoms with Gasteiger partial charge in [0.05, 0.1) is 0 Å². The van der Waals surface area contributed by atoms with Gasteiger partial charge in [0.15, 0.2) is 5.13 Å². The standard InChI is InChI=1S/C14H24N4OS2/c1-14(2,3)18-13-17-11(15)10(21-13)12(19)16-8-6-5-7-9(8)20-4/h8-9H,5-7,15H2,1-4H3,(H,16,19)(H,17,18). The maximum atomic E-state index is 12.4. The van der Waals surface area contributed by atoms with Crippen LogP contribution < -0.4 is 16.4 Å². The van der Waals surface area contributed by atoms with Gasteiger partial charge in [0.1, 0.15) is 10.7 Å². The molecule has 1 aliphatic rings. The summed E-state index contributed by atoms with van der Waals surface area (Å²) in [5, 5.41) is 7.57. The van der Waals surface area contributed by atoms with Crippen LogP contribution >= 0.6 is 23.1 Å². The van der Waals surface area contributed by atoms with Crippen molar-refractivity contribution in [1.29, 1.82) is 0 Å². The van der Waals surface area contributed by atoms with Gasteiger partial charge >= 0.3 is 0 Å². The van der Waals surface area contributed by atoms with Gasteiger partial charge in [-0.1, -0.05) is 17.8 Å². The van der Waals surface area contributed by atoms with E-state index >= 15 is 0 Å².